The highest BCUT2D eigenvalue weighted by atomic mass is 16.7. The second-order valence-corrected chi connectivity index (χ2v) is 6.90. The number of aliphatic hydroxyl groups is 4. The number of hydrogen-bond acceptors (Lipinski definition) is 11. The molecule has 2 heterocycles. The molecule has 0 bridgehead atoms. The van der Waals surface area contributed by atoms with Crippen LogP contribution in [0.4, 0.5) is 0 Å². The van der Waals surface area contributed by atoms with Gasteiger partial charge < -0.3 is 49.6 Å². The zero-order chi connectivity index (χ0) is 21.7. The van der Waals surface area contributed by atoms with Crippen molar-refractivity contribution in [2.24, 2.45) is 0 Å². The summed E-state index contributed by atoms with van der Waals surface area (Å²) in [6.07, 6.45) is -7.76. The van der Waals surface area contributed by atoms with E-state index in [0.29, 0.717) is 0 Å². The van der Waals surface area contributed by atoms with Crippen molar-refractivity contribution >= 4 is 21.9 Å². The molecule has 1 fully saturated rings. The number of benzene rings is 2. The third-order valence-electron chi connectivity index (χ3n) is 4.91. The van der Waals surface area contributed by atoms with E-state index >= 15 is 0 Å². The maximum atomic E-state index is 12.7. The Bertz CT molecular complexity index is 1170. The predicted octanol–water partition coefficient (Wildman–Crippen LogP) is -0.758. The fourth-order valence-electron chi connectivity index (χ4n) is 3.34. The molecule has 0 unspecified atom stereocenters. The molecule has 7 N–H and O–H groups in total. The van der Waals surface area contributed by atoms with Crippen LogP contribution in [0.3, 0.4) is 0 Å². The summed E-state index contributed by atoms with van der Waals surface area (Å²) in [7, 11) is 0. The van der Waals surface area contributed by atoms with Gasteiger partial charge in [-0.25, -0.2) is 0 Å². The minimum absolute atomic E-state index is 0.0742. The summed E-state index contributed by atoms with van der Waals surface area (Å²) in [6, 6.07) is 4.24. The summed E-state index contributed by atoms with van der Waals surface area (Å²) < 4.78 is 16.2. The Morgan fingerprint density at radius 1 is 0.900 bits per heavy atom. The molecule has 1 saturated heterocycles. The van der Waals surface area contributed by atoms with Gasteiger partial charge in [0, 0.05) is 18.2 Å². The van der Waals surface area contributed by atoms with Gasteiger partial charge in [-0.1, -0.05) is 0 Å². The van der Waals surface area contributed by atoms with Crippen LogP contribution in [-0.2, 0) is 4.74 Å². The second kappa shape index (κ2) is 7.31. The van der Waals surface area contributed by atoms with E-state index in [-0.39, 0.29) is 33.4 Å². The van der Waals surface area contributed by atoms with Crippen molar-refractivity contribution in [3.63, 3.8) is 0 Å². The molecule has 2 aromatic carbocycles. The van der Waals surface area contributed by atoms with Gasteiger partial charge in [0.1, 0.15) is 52.5 Å². The van der Waals surface area contributed by atoms with Crippen LogP contribution in [0, 0.1) is 0 Å². The average molecular weight is 422 g/mol. The Kier molecular flexibility index (Phi) is 4.92. The van der Waals surface area contributed by atoms with E-state index in [1.165, 1.54) is 0 Å². The maximum absolute atomic E-state index is 12.7. The largest absolute Gasteiger partial charge is 0.508 e. The van der Waals surface area contributed by atoms with Crippen molar-refractivity contribution in [1.29, 1.82) is 0 Å². The summed E-state index contributed by atoms with van der Waals surface area (Å²) in [6.45, 7) is -0.664. The van der Waals surface area contributed by atoms with Crippen molar-refractivity contribution in [3.8, 4) is 23.0 Å². The van der Waals surface area contributed by atoms with Crippen LogP contribution in [0.2, 0.25) is 0 Å². The van der Waals surface area contributed by atoms with Gasteiger partial charge in [-0.3, -0.25) is 4.79 Å². The molecule has 160 valence electrons. The Hall–Kier alpha value is -3.09. The van der Waals surface area contributed by atoms with Gasteiger partial charge in [-0.05, 0) is 6.07 Å². The highest BCUT2D eigenvalue weighted by molar-refractivity contribution is 5.94. The van der Waals surface area contributed by atoms with Gasteiger partial charge in [0.2, 0.25) is 11.7 Å². The number of phenolic OH excluding ortho intramolecular Hbond substituents is 3. The molecule has 1 aliphatic rings. The van der Waals surface area contributed by atoms with Gasteiger partial charge in [0.15, 0.2) is 11.5 Å². The van der Waals surface area contributed by atoms with E-state index in [9.17, 15) is 40.5 Å². The molecular weight excluding hydrogens is 404 g/mol. The van der Waals surface area contributed by atoms with Crippen molar-refractivity contribution in [1.82, 2.24) is 0 Å². The Balaban J connectivity index is 1.78. The summed E-state index contributed by atoms with van der Waals surface area (Å²) >= 11 is 0. The van der Waals surface area contributed by atoms with Crippen molar-refractivity contribution < 1.29 is 49.6 Å². The molecule has 1 aromatic heterocycles. The first-order chi connectivity index (χ1) is 14.2. The van der Waals surface area contributed by atoms with Crippen LogP contribution in [0.5, 0.6) is 23.0 Å². The molecular formula is C19H18O11. The lowest BCUT2D eigenvalue weighted by molar-refractivity contribution is -0.277. The molecule has 0 saturated carbocycles. The van der Waals surface area contributed by atoms with E-state index in [4.69, 9.17) is 13.9 Å². The van der Waals surface area contributed by atoms with Crippen LogP contribution in [0.25, 0.3) is 21.9 Å². The van der Waals surface area contributed by atoms with Gasteiger partial charge in [-0.2, -0.15) is 0 Å². The molecule has 0 aliphatic carbocycles. The van der Waals surface area contributed by atoms with Crippen molar-refractivity contribution in [2.45, 2.75) is 30.7 Å². The SMILES string of the molecule is O=c1c2cc(O)c(O[C@@H]3O[C@H](CO)[C@@H](O)[C@H](O)[C@H]3O)cc2oc2cc(O)cc(O)c12. The summed E-state index contributed by atoms with van der Waals surface area (Å²) in [4.78, 5) is 12.7. The predicted molar refractivity (Wildman–Crippen MR) is 99.4 cm³/mol. The first-order valence-corrected chi connectivity index (χ1v) is 8.84. The van der Waals surface area contributed by atoms with Crippen LogP contribution in [0.1, 0.15) is 0 Å². The zero-order valence-corrected chi connectivity index (χ0v) is 15.2. The smallest absolute Gasteiger partial charge is 0.229 e. The van der Waals surface area contributed by atoms with E-state index in [1.54, 1.807) is 0 Å². The molecule has 30 heavy (non-hydrogen) atoms. The molecule has 0 spiro atoms. The highest BCUT2D eigenvalue weighted by Crippen LogP contribution is 2.36. The van der Waals surface area contributed by atoms with Crippen LogP contribution in [-0.4, -0.2) is 73.1 Å². The third kappa shape index (κ3) is 3.18. The Morgan fingerprint density at radius 3 is 2.33 bits per heavy atom. The number of fused-ring (bicyclic) bond motifs is 2. The van der Waals surface area contributed by atoms with E-state index in [0.717, 1.165) is 24.3 Å². The molecule has 0 radical (unpaired) electrons. The lowest BCUT2D eigenvalue weighted by atomic mass is 9.99. The molecule has 4 rings (SSSR count). The van der Waals surface area contributed by atoms with Gasteiger partial charge in [0.25, 0.3) is 0 Å². The van der Waals surface area contributed by atoms with E-state index in [2.05, 4.69) is 0 Å². The van der Waals surface area contributed by atoms with E-state index in [1.807, 2.05) is 0 Å². The van der Waals surface area contributed by atoms with Gasteiger partial charge in [-0.15, -0.1) is 0 Å². The zero-order valence-electron chi connectivity index (χ0n) is 15.2. The molecule has 1 aliphatic heterocycles. The normalized spacial score (nSPS) is 26.9. The first kappa shape index (κ1) is 20.2. The summed E-state index contributed by atoms with van der Waals surface area (Å²) in [5.74, 6) is -1.66. The number of hydrogen-bond donors (Lipinski definition) is 7. The Morgan fingerprint density at radius 2 is 1.63 bits per heavy atom. The lowest BCUT2D eigenvalue weighted by Gasteiger charge is -2.39. The highest BCUT2D eigenvalue weighted by Gasteiger charge is 2.45. The molecule has 5 atom stereocenters. The van der Waals surface area contributed by atoms with Crippen LogP contribution < -0.4 is 10.2 Å². The number of aromatic hydroxyl groups is 3. The molecule has 11 heteroatoms. The standard InChI is InChI=1S/C19H18O11/c20-5-13-16(25)17(26)18(27)19(30-13)29-11-4-10-7(3-8(11)22)15(24)14-9(23)1-6(21)2-12(14)28-10/h1-4,13,16-23,25-27H,5H2/t13-,16-,17+,18-,19-/m1/s1. The van der Waals surface area contributed by atoms with Gasteiger partial charge >= 0.3 is 0 Å². The van der Waals surface area contributed by atoms with Crippen LogP contribution in [0.15, 0.2) is 33.5 Å². The van der Waals surface area contributed by atoms with Crippen LogP contribution >= 0.6 is 0 Å². The number of rotatable bonds is 3. The third-order valence-corrected chi connectivity index (χ3v) is 4.91. The quantitative estimate of drug-likeness (QED) is 0.263. The summed E-state index contributed by atoms with van der Waals surface area (Å²) in [5.41, 5.74) is -0.859. The average Bonchev–Trinajstić information content (AvgIpc) is 2.69. The number of ether oxygens (including phenoxy) is 2. The minimum atomic E-state index is -1.71. The molecule has 3 aromatic rings. The second-order valence-electron chi connectivity index (χ2n) is 6.90. The van der Waals surface area contributed by atoms with Crippen molar-refractivity contribution in [2.75, 3.05) is 6.61 Å². The summed E-state index contributed by atoms with van der Waals surface area (Å²) in [5, 5.41) is 68.5. The van der Waals surface area contributed by atoms with E-state index < -0.39 is 54.2 Å². The monoisotopic (exact) mass is 422 g/mol. The van der Waals surface area contributed by atoms with Gasteiger partial charge in [0.05, 0.1) is 12.0 Å². The fraction of sp³-hybridized carbons (Fsp3) is 0.316. The molecule has 0 amide bonds. The fourth-order valence-corrected chi connectivity index (χ4v) is 3.34. The van der Waals surface area contributed by atoms with Crippen molar-refractivity contribution in [3.05, 3.63) is 34.5 Å². The minimum Gasteiger partial charge on any atom is -0.508 e. The Labute approximate surface area is 167 Å². The first-order valence-electron chi connectivity index (χ1n) is 8.84. The lowest BCUT2D eigenvalue weighted by Crippen LogP contribution is -2.60. The maximum Gasteiger partial charge on any atom is 0.229 e. The number of aliphatic hydroxyl groups excluding tert-OH is 4. The number of phenols is 3. The topological polar surface area (TPSA) is 190 Å². The molecule has 11 nitrogen and oxygen atoms in total.